The molecule has 1 aromatic heterocycles. The van der Waals surface area contributed by atoms with Crippen LogP contribution in [0.3, 0.4) is 0 Å². The highest BCUT2D eigenvalue weighted by molar-refractivity contribution is 14.1. The summed E-state index contributed by atoms with van der Waals surface area (Å²) in [6, 6.07) is 25.8. The third-order valence-corrected chi connectivity index (χ3v) is 8.18. The fraction of sp³-hybridized carbons (Fsp3) is 0.0645. The van der Waals surface area contributed by atoms with E-state index in [-0.39, 0.29) is 5.91 Å². The molecule has 0 saturated heterocycles. The molecule has 42 heavy (non-hydrogen) atoms. The molecule has 7 nitrogen and oxygen atoms in total. The Labute approximate surface area is 270 Å². The van der Waals surface area contributed by atoms with Crippen molar-refractivity contribution in [1.29, 1.82) is 0 Å². The van der Waals surface area contributed by atoms with Gasteiger partial charge in [-0.1, -0.05) is 53.5 Å². The number of thiazole rings is 1. The maximum Gasteiger partial charge on any atom is 0.271 e. The Kier molecular flexibility index (Phi) is 9.96. The molecule has 0 spiro atoms. The van der Waals surface area contributed by atoms with Gasteiger partial charge in [-0.2, -0.15) is 5.10 Å². The number of hydrogen-bond donors (Lipinski definition) is 2. The van der Waals surface area contributed by atoms with Crippen LogP contribution in [0.2, 0.25) is 10.0 Å². The average Bonchev–Trinajstić information content (AvgIpc) is 3.47. The minimum Gasteiger partial charge on any atom is -0.493 e. The summed E-state index contributed by atoms with van der Waals surface area (Å²) in [5.74, 6) is 0.820. The average molecular weight is 729 g/mol. The van der Waals surface area contributed by atoms with Crippen molar-refractivity contribution < 1.29 is 14.3 Å². The van der Waals surface area contributed by atoms with Crippen molar-refractivity contribution in [3.8, 4) is 22.8 Å². The summed E-state index contributed by atoms with van der Waals surface area (Å²) in [5.41, 5.74) is 7.27. The predicted octanol–water partition coefficient (Wildman–Crippen LogP) is 8.82. The van der Waals surface area contributed by atoms with Crippen LogP contribution in [0.1, 0.15) is 21.5 Å². The van der Waals surface area contributed by atoms with Gasteiger partial charge in [0.05, 0.1) is 22.6 Å². The topological polar surface area (TPSA) is 84.8 Å². The van der Waals surface area contributed by atoms with E-state index in [0.29, 0.717) is 33.7 Å². The summed E-state index contributed by atoms with van der Waals surface area (Å²) in [4.78, 5) is 17.3. The van der Waals surface area contributed by atoms with Gasteiger partial charge in [0, 0.05) is 37.8 Å². The Morgan fingerprint density at radius 1 is 1.05 bits per heavy atom. The molecule has 1 heterocycles. The molecule has 0 saturated carbocycles. The first kappa shape index (κ1) is 29.8. The van der Waals surface area contributed by atoms with Gasteiger partial charge < -0.3 is 14.8 Å². The van der Waals surface area contributed by atoms with Crippen molar-refractivity contribution in [2.75, 3.05) is 12.4 Å². The normalized spacial score (nSPS) is 11.0. The SMILES string of the molecule is COc1cc(/C=N\NC(=O)c2ccc(-c3csc(Nc4ccc(Cl)cc4)n3)cc2)cc(I)c1OCc1ccccc1Cl. The molecule has 11 heteroatoms. The minimum atomic E-state index is -0.331. The van der Waals surface area contributed by atoms with E-state index in [0.717, 1.165) is 36.8 Å². The van der Waals surface area contributed by atoms with Crippen LogP contribution in [0.25, 0.3) is 11.3 Å². The molecule has 0 unspecified atom stereocenters. The van der Waals surface area contributed by atoms with Gasteiger partial charge in [-0.05, 0) is 82.8 Å². The smallest absolute Gasteiger partial charge is 0.271 e. The van der Waals surface area contributed by atoms with Crippen LogP contribution in [0, 0.1) is 3.57 Å². The van der Waals surface area contributed by atoms with Gasteiger partial charge >= 0.3 is 0 Å². The van der Waals surface area contributed by atoms with Crippen LogP contribution >= 0.6 is 57.1 Å². The van der Waals surface area contributed by atoms with E-state index in [1.807, 2.05) is 72.1 Å². The Hall–Kier alpha value is -3.64. The molecule has 0 radical (unpaired) electrons. The molecule has 4 aromatic carbocycles. The molecular weight excluding hydrogens is 706 g/mol. The van der Waals surface area contributed by atoms with Gasteiger partial charge in [-0.3, -0.25) is 4.79 Å². The van der Waals surface area contributed by atoms with Gasteiger partial charge in [0.15, 0.2) is 16.6 Å². The summed E-state index contributed by atoms with van der Waals surface area (Å²) in [6.45, 7) is 0.304. The van der Waals surface area contributed by atoms with Crippen LogP contribution in [-0.4, -0.2) is 24.2 Å². The first-order valence-corrected chi connectivity index (χ1v) is 15.3. The number of hydrogen-bond acceptors (Lipinski definition) is 7. The zero-order valence-electron chi connectivity index (χ0n) is 22.1. The second kappa shape index (κ2) is 14.0. The molecule has 0 fully saturated rings. The number of halogens is 3. The Bertz CT molecular complexity index is 1730. The number of anilines is 2. The number of hydrazone groups is 1. The fourth-order valence-corrected chi connectivity index (χ4v) is 5.70. The molecule has 212 valence electrons. The molecule has 0 atom stereocenters. The summed E-state index contributed by atoms with van der Waals surface area (Å²) in [6.07, 6.45) is 1.55. The maximum absolute atomic E-state index is 12.7. The van der Waals surface area contributed by atoms with Gasteiger partial charge in [-0.25, -0.2) is 10.4 Å². The lowest BCUT2D eigenvalue weighted by Gasteiger charge is -2.14. The van der Waals surface area contributed by atoms with Crippen molar-refractivity contribution >= 4 is 80.1 Å². The first-order valence-electron chi connectivity index (χ1n) is 12.6. The summed E-state index contributed by atoms with van der Waals surface area (Å²) in [7, 11) is 1.57. The molecule has 1 amide bonds. The number of methoxy groups -OCH3 is 1. The second-order valence-electron chi connectivity index (χ2n) is 8.86. The lowest BCUT2D eigenvalue weighted by atomic mass is 10.1. The van der Waals surface area contributed by atoms with Crippen molar-refractivity contribution in [2.24, 2.45) is 5.10 Å². The summed E-state index contributed by atoms with van der Waals surface area (Å²) < 4.78 is 12.4. The quantitative estimate of drug-likeness (QED) is 0.0853. The van der Waals surface area contributed by atoms with Crippen LogP contribution < -0.4 is 20.2 Å². The molecule has 0 aliphatic carbocycles. The van der Waals surface area contributed by atoms with E-state index in [4.69, 9.17) is 32.7 Å². The monoisotopic (exact) mass is 728 g/mol. The van der Waals surface area contributed by atoms with E-state index >= 15 is 0 Å². The third-order valence-electron chi connectivity index (χ3n) is 6.00. The van der Waals surface area contributed by atoms with Crippen LogP contribution in [0.4, 0.5) is 10.8 Å². The molecule has 0 aliphatic rings. The van der Waals surface area contributed by atoms with E-state index in [1.54, 1.807) is 31.5 Å². The van der Waals surface area contributed by atoms with Gasteiger partial charge in [-0.15, -0.1) is 11.3 Å². The number of amides is 1. The highest BCUT2D eigenvalue weighted by atomic mass is 127. The number of aromatic nitrogens is 1. The third kappa shape index (κ3) is 7.60. The lowest BCUT2D eigenvalue weighted by Crippen LogP contribution is -2.17. The maximum atomic E-state index is 12.7. The van der Waals surface area contributed by atoms with Gasteiger partial charge in [0.2, 0.25) is 0 Å². The number of nitrogens with one attached hydrogen (secondary N) is 2. The number of benzene rings is 4. The van der Waals surface area contributed by atoms with Crippen molar-refractivity contribution in [3.05, 3.63) is 121 Å². The second-order valence-corrected chi connectivity index (χ2v) is 11.7. The molecular formula is C31H23Cl2IN4O3S. The zero-order chi connectivity index (χ0) is 29.5. The molecule has 0 aliphatic heterocycles. The number of ether oxygens (including phenoxy) is 2. The number of carbonyl (C=O) groups excluding carboxylic acids is 1. The molecule has 2 N–H and O–H groups in total. The Balaban J connectivity index is 1.19. The zero-order valence-corrected chi connectivity index (χ0v) is 26.6. The highest BCUT2D eigenvalue weighted by Gasteiger charge is 2.13. The van der Waals surface area contributed by atoms with E-state index in [2.05, 4.69) is 43.4 Å². The van der Waals surface area contributed by atoms with Crippen molar-refractivity contribution in [2.45, 2.75) is 6.61 Å². The predicted molar refractivity (Wildman–Crippen MR) is 179 cm³/mol. The molecule has 5 aromatic rings. The van der Waals surface area contributed by atoms with Gasteiger partial charge in [0.1, 0.15) is 6.61 Å². The summed E-state index contributed by atoms with van der Waals surface area (Å²) >= 11 is 15.9. The fourth-order valence-electron chi connectivity index (χ4n) is 3.86. The first-order chi connectivity index (χ1) is 20.4. The van der Waals surface area contributed by atoms with Gasteiger partial charge in [0.25, 0.3) is 5.91 Å². The minimum absolute atomic E-state index is 0.304. The van der Waals surface area contributed by atoms with Crippen LogP contribution in [0.15, 0.2) is 95.4 Å². The van der Waals surface area contributed by atoms with Crippen molar-refractivity contribution in [1.82, 2.24) is 10.4 Å². The molecule has 5 rings (SSSR count). The van der Waals surface area contributed by atoms with Crippen LogP contribution in [-0.2, 0) is 6.61 Å². The van der Waals surface area contributed by atoms with Crippen LogP contribution in [0.5, 0.6) is 11.5 Å². The van der Waals surface area contributed by atoms with E-state index in [1.165, 1.54) is 11.3 Å². The standard InChI is InChI=1S/C31H23Cl2IN4O3S/c1-40-28-15-19(14-26(34)29(28)41-17-22-4-2-3-5-25(22)33)16-35-38-30(39)21-8-6-20(7-9-21)27-18-42-31(37-27)36-24-12-10-23(32)11-13-24/h2-16,18H,17H2,1H3,(H,36,37)(H,38,39)/b35-16-. The molecule has 0 bridgehead atoms. The Morgan fingerprint density at radius 3 is 2.55 bits per heavy atom. The van der Waals surface area contributed by atoms with E-state index < -0.39 is 0 Å². The highest BCUT2D eigenvalue weighted by Crippen LogP contribution is 2.35. The number of rotatable bonds is 10. The largest absolute Gasteiger partial charge is 0.493 e. The number of carbonyl (C=O) groups is 1. The number of nitrogens with zero attached hydrogens (tertiary/aromatic N) is 2. The Morgan fingerprint density at radius 2 is 1.81 bits per heavy atom. The van der Waals surface area contributed by atoms with E-state index in [9.17, 15) is 4.79 Å². The van der Waals surface area contributed by atoms with Crippen molar-refractivity contribution in [3.63, 3.8) is 0 Å². The lowest BCUT2D eigenvalue weighted by molar-refractivity contribution is 0.0955. The summed E-state index contributed by atoms with van der Waals surface area (Å²) in [5, 5.41) is 11.4.